The maximum Gasteiger partial charge on any atom is 0.226 e. The minimum atomic E-state index is -0.0549. The van der Waals surface area contributed by atoms with Gasteiger partial charge < -0.3 is 10.4 Å². The molecule has 1 aliphatic carbocycles. The largest absolute Gasteiger partial charge is 0.508 e. The van der Waals surface area contributed by atoms with Gasteiger partial charge in [-0.1, -0.05) is 18.2 Å². The molecule has 0 radical (unpaired) electrons. The summed E-state index contributed by atoms with van der Waals surface area (Å²) in [4.78, 5) is 17.6. The number of amides is 1. The van der Waals surface area contributed by atoms with Crippen molar-refractivity contribution in [2.24, 2.45) is 0 Å². The van der Waals surface area contributed by atoms with Gasteiger partial charge in [0.2, 0.25) is 5.91 Å². The second-order valence-corrected chi connectivity index (χ2v) is 6.00. The number of hydrogen-bond donors (Lipinski definition) is 2. The van der Waals surface area contributed by atoms with E-state index < -0.39 is 0 Å². The number of aryl methyl sites for hydroxylation is 3. The number of para-hydroxylation sites is 1. The van der Waals surface area contributed by atoms with Crippen molar-refractivity contribution >= 4 is 22.4 Å². The van der Waals surface area contributed by atoms with Gasteiger partial charge >= 0.3 is 0 Å². The fraction of sp³-hybridized carbons (Fsp3) is 0.333. The van der Waals surface area contributed by atoms with Crippen LogP contribution < -0.4 is 5.32 Å². The summed E-state index contributed by atoms with van der Waals surface area (Å²) in [5.41, 5.74) is 1.94. The molecule has 0 unspecified atom stereocenters. The Labute approximate surface area is 121 Å². The van der Waals surface area contributed by atoms with Crippen molar-refractivity contribution in [3.63, 3.8) is 0 Å². The van der Waals surface area contributed by atoms with E-state index in [1.54, 1.807) is 23.5 Å². The fourth-order valence-corrected chi connectivity index (χ4v) is 3.46. The van der Waals surface area contributed by atoms with Crippen molar-refractivity contribution in [3.8, 4) is 5.75 Å². The lowest BCUT2D eigenvalue weighted by molar-refractivity contribution is -0.116. The van der Waals surface area contributed by atoms with Gasteiger partial charge in [0.05, 0.1) is 5.69 Å². The molecule has 5 heteroatoms. The molecule has 0 saturated carbocycles. The first-order valence-corrected chi connectivity index (χ1v) is 7.59. The zero-order valence-corrected chi connectivity index (χ0v) is 11.9. The molecule has 1 amide bonds. The number of phenolic OH excluding ortho intramolecular Hbond substituents is 1. The van der Waals surface area contributed by atoms with Gasteiger partial charge in [-0.2, -0.15) is 0 Å². The van der Waals surface area contributed by atoms with Crippen LogP contribution >= 0.6 is 11.3 Å². The Morgan fingerprint density at radius 3 is 3.00 bits per heavy atom. The Kier molecular flexibility index (Phi) is 3.69. The van der Waals surface area contributed by atoms with Gasteiger partial charge in [-0.05, 0) is 37.3 Å². The predicted octanol–water partition coefficient (Wildman–Crippen LogP) is 2.91. The highest BCUT2D eigenvalue weighted by molar-refractivity contribution is 7.15. The first-order valence-electron chi connectivity index (χ1n) is 6.77. The molecular weight excluding hydrogens is 272 g/mol. The number of nitrogens with zero attached hydrogens (tertiary/aromatic N) is 1. The third-order valence-electron chi connectivity index (χ3n) is 3.46. The third-order valence-corrected chi connectivity index (χ3v) is 4.53. The van der Waals surface area contributed by atoms with E-state index >= 15 is 0 Å². The number of nitrogens with one attached hydrogen (secondary N) is 1. The number of phenols is 1. The van der Waals surface area contributed by atoms with Crippen molar-refractivity contribution in [1.82, 2.24) is 4.98 Å². The topological polar surface area (TPSA) is 62.2 Å². The molecule has 0 saturated heterocycles. The van der Waals surface area contributed by atoms with Crippen LogP contribution in [-0.4, -0.2) is 16.0 Å². The molecule has 0 aliphatic heterocycles. The van der Waals surface area contributed by atoms with Crippen LogP contribution in [0.3, 0.4) is 0 Å². The first-order chi connectivity index (χ1) is 9.72. The number of carbonyl (C=O) groups is 1. The summed E-state index contributed by atoms with van der Waals surface area (Å²) in [5, 5.41) is 13.2. The molecule has 2 N–H and O–H groups in total. The molecule has 0 bridgehead atoms. The second kappa shape index (κ2) is 5.63. The number of aromatic hydroxyl groups is 1. The van der Waals surface area contributed by atoms with Gasteiger partial charge in [0.25, 0.3) is 0 Å². The number of fused-ring (bicyclic) bond motifs is 1. The van der Waals surface area contributed by atoms with Crippen molar-refractivity contribution in [1.29, 1.82) is 0 Å². The lowest BCUT2D eigenvalue weighted by Crippen LogP contribution is -2.12. The molecule has 3 rings (SSSR count). The van der Waals surface area contributed by atoms with E-state index in [-0.39, 0.29) is 11.7 Å². The Bertz CT molecular complexity index is 615. The summed E-state index contributed by atoms with van der Waals surface area (Å²) >= 11 is 1.58. The van der Waals surface area contributed by atoms with Crippen LogP contribution in [0.4, 0.5) is 5.13 Å². The van der Waals surface area contributed by atoms with E-state index in [0.717, 1.165) is 24.1 Å². The zero-order valence-electron chi connectivity index (χ0n) is 11.1. The minimum absolute atomic E-state index is 0.0549. The molecule has 1 aliphatic rings. The van der Waals surface area contributed by atoms with Gasteiger partial charge in [-0.3, -0.25) is 4.79 Å². The molecule has 104 valence electrons. The molecule has 20 heavy (non-hydrogen) atoms. The Hall–Kier alpha value is -1.88. The molecule has 4 nitrogen and oxygen atoms in total. The summed E-state index contributed by atoms with van der Waals surface area (Å²) in [6.07, 6.45) is 4.17. The lowest BCUT2D eigenvalue weighted by Gasteiger charge is -2.04. The number of anilines is 1. The molecule has 0 atom stereocenters. The van der Waals surface area contributed by atoms with Crippen LogP contribution in [0.1, 0.15) is 29.0 Å². The van der Waals surface area contributed by atoms with Crippen LogP contribution in [0.2, 0.25) is 0 Å². The Morgan fingerprint density at radius 2 is 2.20 bits per heavy atom. The van der Waals surface area contributed by atoms with E-state index in [1.807, 2.05) is 12.1 Å². The molecule has 1 heterocycles. The maximum atomic E-state index is 11.9. The number of carbonyl (C=O) groups excluding carboxylic acids is 1. The van der Waals surface area contributed by atoms with Crippen LogP contribution in [0.25, 0.3) is 0 Å². The fourth-order valence-electron chi connectivity index (χ4n) is 2.40. The van der Waals surface area contributed by atoms with Crippen LogP contribution in [0.5, 0.6) is 5.75 Å². The normalized spacial score (nSPS) is 13.2. The standard InChI is InChI=1S/C15H16N2O2S/c18-12-6-2-1-4-10(12)8-9-14(19)17-15-16-11-5-3-7-13(11)20-15/h1-2,4,6,18H,3,5,7-9H2,(H,16,17,19). The van der Waals surface area contributed by atoms with Gasteiger partial charge in [0.15, 0.2) is 5.13 Å². The van der Waals surface area contributed by atoms with Gasteiger partial charge in [-0.25, -0.2) is 4.98 Å². The summed E-state index contributed by atoms with van der Waals surface area (Å²) in [7, 11) is 0. The smallest absolute Gasteiger partial charge is 0.226 e. The lowest BCUT2D eigenvalue weighted by atomic mass is 10.1. The summed E-state index contributed by atoms with van der Waals surface area (Å²) < 4.78 is 0. The zero-order chi connectivity index (χ0) is 13.9. The molecule has 0 fully saturated rings. The van der Waals surface area contributed by atoms with Gasteiger partial charge in [0, 0.05) is 11.3 Å². The second-order valence-electron chi connectivity index (χ2n) is 4.92. The molecule has 0 spiro atoms. The van der Waals surface area contributed by atoms with Gasteiger partial charge in [-0.15, -0.1) is 11.3 Å². The van der Waals surface area contributed by atoms with E-state index in [0.29, 0.717) is 18.0 Å². The highest BCUT2D eigenvalue weighted by atomic mass is 32.1. The van der Waals surface area contributed by atoms with E-state index in [2.05, 4.69) is 10.3 Å². The van der Waals surface area contributed by atoms with Crippen LogP contribution in [-0.2, 0) is 24.1 Å². The number of benzene rings is 1. The van der Waals surface area contributed by atoms with Crippen molar-refractivity contribution < 1.29 is 9.90 Å². The number of rotatable bonds is 4. The SMILES string of the molecule is O=C(CCc1ccccc1O)Nc1nc2c(s1)CCC2. The van der Waals surface area contributed by atoms with Crippen LogP contribution in [0, 0.1) is 0 Å². The van der Waals surface area contributed by atoms with E-state index in [9.17, 15) is 9.90 Å². The third kappa shape index (κ3) is 2.82. The molecule has 2 aromatic rings. The number of thiazole rings is 1. The van der Waals surface area contributed by atoms with Gasteiger partial charge in [0.1, 0.15) is 5.75 Å². The average Bonchev–Trinajstić information content (AvgIpc) is 2.98. The Morgan fingerprint density at radius 1 is 1.35 bits per heavy atom. The quantitative estimate of drug-likeness (QED) is 0.909. The summed E-state index contributed by atoms with van der Waals surface area (Å²) in [6.45, 7) is 0. The van der Waals surface area contributed by atoms with Crippen molar-refractivity contribution in [2.45, 2.75) is 32.1 Å². The highest BCUT2D eigenvalue weighted by Gasteiger charge is 2.17. The number of hydrogen-bond acceptors (Lipinski definition) is 4. The Balaban J connectivity index is 1.56. The highest BCUT2D eigenvalue weighted by Crippen LogP contribution is 2.30. The predicted molar refractivity (Wildman–Crippen MR) is 79.2 cm³/mol. The van der Waals surface area contributed by atoms with Crippen molar-refractivity contribution in [2.75, 3.05) is 5.32 Å². The molecule has 1 aromatic carbocycles. The monoisotopic (exact) mass is 288 g/mol. The maximum absolute atomic E-state index is 11.9. The minimum Gasteiger partial charge on any atom is -0.508 e. The van der Waals surface area contributed by atoms with Crippen molar-refractivity contribution in [3.05, 3.63) is 40.4 Å². The van der Waals surface area contributed by atoms with E-state index in [1.165, 1.54) is 11.3 Å². The summed E-state index contributed by atoms with van der Waals surface area (Å²) in [5.74, 6) is 0.189. The molecule has 1 aromatic heterocycles. The average molecular weight is 288 g/mol. The van der Waals surface area contributed by atoms with Crippen LogP contribution in [0.15, 0.2) is 24.3 Å². The summed E-state index contributed by atoms with van der Waals surface area (Å²) in [6, 6.07) is 7.10. The van der Waals surface area contributed by atoms with E-state index in [4.69, 9.17) is 0 Å². The molecular formula is C15H16N2O2S. The number of aromatic nitrogens is 1. The first kappa shape index (κ1) is 13.1.